The van der Waals surface area contributed by atoms with Crippen molar-refractivity contribution in [2.24, 2.45) is 11.1 Å². The molecule has 3 heteroatoms. The molecule has 72 valence electrons. The number of nitrogens with one attached hydrogen (secondary N) is 2. The van der Waals surface area contributed by atoms with E-state index in [9.17, 15) is 0 Å². The lowest BCUT2D eigenvalue weighted by atomic mass is 9.85. The number of guanidine groups is 1. The fourth-order valence-electron chi connectivity index (χ4n) is 0.967. The quantitative estimate of drug-likeness (QED) is 0.335. The average Bonchev–Trinajstić information content (AvgIpc) is 1.98. The van der Waals surface area contributed by atoms with Crippen LogP contribution < -0.4 is 11.1 Å². The Labute approximate surface area is 75.2 Å². The minimum Gasteiger partial charge on any atom is -0.370 e. The van der Waals surface area contributed by atoms with E-state index in [0.29, 0.717) is 5.41 Å². The number of nitrogens with two attached hydrogens (primary N) is 1. The Balaban J connectivity index is 3.37. The highest BCUT2D eigenvalue weighted by Gasteiger charge is 2.13. The van der Waals surface area contributed by atoms with Gasteiger partial charge in [0.05, 0.1) is 0 Å². The van der Waals surface area contributed by atoms with Crippen LogP contribution in [0.15, 0.2) is 0 Å². The van der Waals surface area contributed by atoms with Crippen LogP contribution >= 0.6 is 0 Å². The summed E-state index contributed by atoms with van der Waals surface area (Å²) in [5, 5.41) is 9.74. The Morgan fingerprint density at radius 2 is 2.08 bits per heavy atom. The molecule has 0 saturated carbocycles. The van der Waals surface area contributed by atoms with Crippen molar-refractivity contribution in [1.29, 1.82) is 5.41 Å². The van der Waals surface area contributed by atoms with Gasteiger partial charge in [-0.1, -0.05) is 27.2 Å². The number of hydrogen-bond acceptors (Lipinski definition) is 1. The smallest absolute Gasteiger partial charge is 0.185 e. The van der Waals surface area contributed by atoms with E-state index in [0.717, 1.165) is 13.0 Å². The van der Waals surface area contributed by atoms with Gasteiger partial charge in [0.2, 0.25) is 0 Å². The van der Waals surface area contributed by atoms with E-state index in [2.05, 4.69) is 26.1 Å². The van der Waals surface area contributed by atoms with Gasteiger partial charge >= 0.3 is 0 Å². The van der Waals surface area contributed by atoms with Gasteiger partial charge in [-0.2, -0.15) is 0 Å². The summed E-state index contributed by atoms with van der Waals surface area (Å²) in [5.74, 6) is 0.0734. The topological polar surface area (TPSA) is 61.9 Å². The molecular formula is C9H21N3. The van der Waals surface area contributed by atoms with Gasteiger partial charge < -0.3 is 11.1 Å². The van der Waals surface area contributed by atoms with Crippen molar-refractivity contribution < 1.29 is 0 Å². The standard InChI is InChI=1S/C9H21N3/c1-4-9(2,3)6-5-7-12-8(10)11/h4-7H2,1-3H3,(H4,10,11,12). The molecule has 0 aromatic heterocycles. The zero-order valence-electron chi connectivity index (χ0n) is 8.41. The van der Waals surface area contributed by atoms with Crippen LogP contribution in [0, 0.1) is 10.8 Å². The summed E-state index contributed by atoms with van der Waals surface area (Å²) in [6.07, 6.45) is 3.47. The summed E-state index contributed by atoms with van der Waals surface area (Å²) in [4.78, 5) is 0. The van der Waals surface area contributed by atoms with Gasteiger partial charge in [0, 0.05) is 6.54 Å². The first-order valence-corrected chi connectivity index (χ1v) is 4.56. The van der Waals surface area contributed by atoms with Gasteiger partial charge in [-0.05, 0) is 18.3 Å². The minimum atomic E-state index is 0.0734. The van der Waals surface area contributed by atoms with Gasteiger partial charge in [-0.3, -0.25) is 5.41 Å². The molecule has 0 radical (unpaired) electrons. The third kappa shape index (κ3) is 6.01. The highest BCUT2D eigenvalue weighted by molar-refractivity contribution is 5.74. The van der Waals surface area contributed by atoms with E-state index in [1.54, 1.807) is 0 Å². The maximum Gasteiger partial charge on any atom is 0.185 e. The van der Waals surface area contributed by atoms with Gasteiger partial charge in [0.15, 0.2) is 5.96 Å². The monoisotopic (exact) mass is 171 g/mol. The van der Waals surface area contributed by atoms with Crippen molar-refractivity contribution in [2.45, 2.75) is 40.0 Å². The van der Waals surface area contributed by atoms with Gasteiger partial charge in [0.1, 0.15) is 0 Å². The van der Waals surface area contributed by atoms with E-state index in [1.807, 2.05) is 0 Å². The highest BCUT2D eigenvalue weighted by Crippen LogP contribution is 2.25. The zero-order chi connectivity index (χ0) is 9.61. The molecule has 0 heterocycles. The molecule has 0 fully saturated rings. The van der Waals surface area contributed by atoms with Crippen LogP contribution in [0.2, 0.25) is 0 Å². The van der Waals surface area contributed by atoms with Crippen LogP contribution in [0.1, 0.15) is 40.0 Å². The van der Waals surface area contributed by atoms with Crippen molar-refractivity contribution >= 4 is 5.96 Å². The summed E-state index contributed by atoms with van der Waals surface area (Å²) >= 11 is 0. The van der Waals surface area contributed by atoms with E-state index in [-0.39, 0.29) is 5.96 Å². The van der Waals surface area contributed by atoms with Crippen LogP contribution in [-0.4, -0.2) is 12.5 Å². The summed E-state index contributed by atoms with van der Waals surface area (Å²) in [5.41, 5.74) is 5.58. The van der Waals surface area contributed by atoms with Gasteiger partial charge in [-0.15, -0.1) is 0 Å². The second-order valence-corrected chi connectivity index (χ2v) is 3.96. The maximum absolute atomic E-state index is 6.94. The Morgan fingerprint density at radius 1 is 1.50 bits per heavy atom. The molecule has 0 atom stereocenters. The van der Waals surface area contributed by atoms with E-state index in [1.165, 1.54) is 12.8 Å². The molecule has 12 heavy (non-hydrogen) atoms. The van der Waals surface area contributed by atoms with Crippen LogP contribution in [0.3, 0.4) is 0 Å². The maximum atomic E-state index is 6.94. The fourth-order valence-corrected chi connectivity index (χ4v) is 0.967. The minimum absolute atomic E-state index is 0.0734. The number of hydrogen-bond donors (Lipinski definition) is 3. The fraction of sp³-hybridized carbons (Fsp3) is 0.889. The Bertz CT molecular complexity index is 141. The summed E-state index contributed by atoms with van der Waals surface area (Å²) in [6, 6.07) is 0. The van der Waals surface area contributed by atoms with Crippen molar-refractivity contribution in [2.75, 3.05) is 6.54 Å². The Morgan fingerprint density at radius 3 is 2.50 bits per heavy atom. The van der Waals surface area contributed by atoms with Crippen LogP contribution in [-0.2, 0) is 0 Å². The Hall–Kier alpha value is -0.730. The van der Waals surface area contributed by atoms with E-state index in [4.69, 9.17) is 11.1 Å². The highest BCUT2D eigenvalue weighted by atomic mass is 15.0. The molecule has 0 aliphatic rings. The second kappa shape index (κ2) is 5.01. The molecule has 0 amide bonds. The molecule has 0 saturated heterocycles. The average molecular weight is 171 g/mol. The van der Waals surface area contributed by atoms with Crippen molar-refractivity contribution in [1.82, 2.24) is 5.32 Å². The van der Waals surface area contributed by atoms with Crippen LogP contribution in [0.4, 0.5) is 0 Å². The third-order valence-electron chi connectivity index (χ3n) is 2.30. The van der Waals surface area contributed by atoms with Crippen molar-refractivity contribution in [3.63, 3.8) is 0 Å². The molecule has 0 bridgehead atoms. The molecule has 4 N–H and O–H groups in total. The summed E-state index contributed by atoms with van der Waals surface area (Å²) in [6.45, 7) is 7.55. The number of rotatable bonds is 5. The first kappa shape index (κ1) is 11.3. The van der Waals surface area contributed by atoms with E-state index >= 15 is 0 Å². The molecule has 0 aliphatic heterocycles. The molecule has 0 aromatic rings. The Kier molecular flexibility index (Phi) is 4.71. The second-order valence-electron chi connectivity index (χ2n) is 3.96. The van der Waals surface area contributed by atoms with Crippen molar-refractivity contribution in [3.05, 3.63) is 0 Å². The third-order valence-corrected chi connectivity index (χ3v) is 2.30. The SMILES string of the molecule is CCC(C)(C)CCCNC(=N)N. The first-order chi connectivity index (χ1) is 5.48. The summed E-state index contributed by atoms with van der Waals surface area (Å²) in [7, 11) is 0. The molecule has 0 unspecified atom stereocenters. The lowest BCUT2D eigenvalue weighted by Crippen LogP contribution is -2.31. The molecule has 0 spiro atoms. The van der Waals surface area contributed by atoms with Gasteiger partial charge in [-0.25, -0.2) is 0 Å². The predicted octanol–water partition coefficient (Wildman–Crippen LogP) is 1.69. The predicted molar refractivity (Wildman–Crippen MR) is 53.2 cm³/mol. The van der Waals surface area contributed by atoms with Crippen LogP contribution in [0.25, 0.3) is 0 Å². The van der Waals surface area contributed by atoms with Crippen LogP contribution in [0.5, 0.6) is 0 Å². The van der Waals surface area contributed by atoms with E-state index < -0.39 is 0 Å². The molecule has 3 nitrogen and oxygen atoms in total. The van der Waals surface area contributed by atoms with Crippen molar-refractivity contribution in [3.8, 4) is 0 Å². The molecule has 0 aliphatic carbocycles. The summed E-state index contributed by atoms with van der Waals surface area (Å²) < 4.78 is 0. The first-order valence-electron chi connectivity index (χ1n) is 4.56. The molecule has 0 aromatic carbocycles. The molecular weight excluding hydrogens is 150 g/mol. The normalized spacial score (nSPS) is 11.2. The van der Waals surface area contributed by atoms with Gasteiger partial charge in [0.25, 0.3) is 0 Å². The lowest BCUT2D eigenvalue weighted by molar-refractivity contribution is 0.313. The lowest BCUT2D eigenvalue weighted by Gasteiger charge is -2.22. The largest absolute Gasteiger partial charge is 0.370 e. The zero-order valence-corrected chi connectivity index (χ0v) is 8.41. The molecule has 0 rings (SSSR count).